The van der Waals surface area contributed by atoms with Gasteiger partial charge in [0.2, 0.25) is 15.9 Å². The van der Waals surface area contributed by atoms with Gasteiger partial charge in [-0.15, -0.1) is 5.10 Å². The number of benzene rings is 2. The summed E-state index contributed by atoms with van der Waals surface area (Å²) in [6.07, 6.45) is 1.09. The van der Waals surface area contributed by atoms with E-state index in [0.717, 1.165) is 22.9 Å². The van der Waals surface area contributed by atoms with Gasteiger partial charge in [-0.1, -0.05) is 17.3 Å². The molecule has 0 bridgehead atoms. The van der Waals surface area contributed by atoms with Gasteiger partial charge in [-0.25, -0.2) is 13.1 Å². The van der Waals surface area contributed by atoms with E-state index < -0.39 is 10.0 Å². The van der Waals surface area contributed by atoms with Crippen LogP contribution in [-0.4, -0.2) is 35.6 Å². The largest absolute Gasteiger partial charge is 0.306 e. The first-order valence-corrected chi connectivity index (χ1v) is 11.9. The molecule has 1 amide bonds. The molecule has 2 aromatic carbocycles. The fourth-order valence-electron chi connectivity index (χ4n) is 3.06. The third-order valence-corrected chi connectivity index (χ3v) is 5.75. The molecule has 1 N–H and O–H groups in total. The summed E-state index contributed by atoms with van der Waals surface area (Å²) in [5, 5.41) is 12.2. The molecular formula is C20H19N5O3S2. The molecule has 30 heavy (non-hydrogen) atoms. The van der Waals surface area contributed by atoms with E-state index in [0.29, 0.717) is 17.9 Å². The molecule has 0 radical (unpaired) electrons. The average molecular weight is 442 g/mol. The highest BCUT2D eigenvalue weighted by Gasteiger charge is 2.19. The molecule has 10 heteroatoms. The zero-order valence-corrected chi connectivity index (χ0v) is 17.7. The summed E-state index contributed by atoms with van der Waals surface area (Å²) >= 11 is 1.56. The predicted octanol–water partition coefficient (Wildman–Crippen LogP) is 3.10. The third-order valence-electron chi connectivity index (χ3n) is 4.41. The van der Waals surface area contributed by atoms with Gasteiger partial charge in [0.25, 0.3) is 0 Å². The summed E-state index contributed by atoms with van der Waals surface area (Å²) in [5.74, 6) is -0.152. The van der Waals surface area contributed by atoms with Crippen LogP contribution >= 0.6 is 11.3 Å². The molecule has 2 heterocycles. The van der Waals surface area contributed by atoms with Crippen molar-refractivity contribution in [3.05, 3.63) is 70.9 Å². The van der Waals surface area contributed by atoms with Crippen molar-refractivity contribution in [1.82, 2.24) is 15.0 Å². The SMILES string of the molecule is CS(=O)(=O)Nc1ccc(N(Cc2ccsc2)C(=O)Cn2nnc3ccccc32)cc1. The Balaban J connectivity index is 1.61. The van der Waals surface area contributed by atoms with Crippen molar-refractivity contribution < 1.29 is 13.2 Å². The monoisotopic (exact) mass is 441 g/mol. The van der Waals surface area contributed by atoms with Gasteiger partial charge in [-0.2, -0.15) is 11.3 Å². The summed E-state index contributed by atoms with van der Waals surface area (Å²) in [7, 11) is -3.37. The van der Waals surface area contributed by atoms with Crippen LogP contribution in [0.2, 0.25) is 0 Å². The number of aromatic nitrogens is 3. The van der Waals surface area contributed by atoms with Crippen LogP contribution in [0.1, 0.15) is 5.56 Å². The Hall–Kier alpha value is -3.24. The van der Waals surface area contributed by atoms with Crippen molar-refractivity contribution >= 4 is 49.7 Å². The molecule has 0 aliphatic carbocycles. The molecule has 0 aliphatic rings. The smallest absolute Gasteiger partial charge is 0.249 e. The molecule has 0 aliphatic heterocycles. The summed E-state index contributed by atoms with van der Waals surface area (Å²) in [6.45, 7) is 0.432. The highest BCUT2D eigenvalue weighted by atomic mass is 32.2. The molecule has 0 spiro atoms. The van der Waals surface area contributed by atoms with Crippen molar-refractivity contribution in [2.45, 2.75) is 13.1 Å². The lowest BCUT2D eigenvalue weighted by atomic mass is 10.2. The normalized spacial score (nSPS) is 11.5. The van der Waals surface area contributed by atoms with E-state index in [1.165, 1.54) is 0 Å². The fourth-order valence-corrected chi connectivity index (χ4v) is 4.28. The molecule has 0 fully saturated rings. The molecule has 0 saturated carbocycles. The first-order valence-electron chi connectivity index (χ1n) is 9.06. The Morgan fingerprint density at radius 3 is 2.60 bits per heavy atom. The van der Waals surface area contributed by atoms with Crippen LogP contribution in [0.15, 0.2) is 65.4 Å². The van der Waals surface area contributed by atoms with Crippen LogP contribution in [0.4, 0.5) is 11.4 Å². The number of nitrogens with zero attached hydrogens (tertiary/aromatic N) is 4. The van der Waals surface area contributed by atoms with E-state index in [-0.39, 0.29) is 12.5 Å². The number of para-hydroxylation sites is 1. The molecule has 4 rings (SSSR count). The van der Waals surface area contributed by atoms with Crippen molar-refractivity contribution in [3.63, 3.8) is 0 Å². The quantitative estimate of drug-likeness (QED) is 0.475. The highest BCUT2D eigenvalue weighted by molar-refractivity contribution is 7.92. The summed E-state index contributed by atoms with van der Waals surface area (Å²) in [5.41, 5.74) is 3.62. The zero-order chi connectivity index (χ0) is 21.1. The summed E-state index contributed by atoms with van der Waals surface area (Å²) < 4.78 is 26.9. The van der Waals surface area contributed by atoms with Gasteiger partial charge >= 0.3 is 0 Å². The highest BCUT2D eigenvalue weighted by Crippen LogP contribution is 2.22. The topological polar surface area (TPSA) is 97.2 Å². The number of hydrogen-bond donors (Lipinski definition) is 1. The number of anilines is 2. The van der Waals surface area contributed by atoms with Crippen molar-refractivity contribution in [2.24, 2.45) is 0 Å². The second-order valence-electron chi connectivity index (χ2n) is 6.77. The Labute approximate surface area is 177 Å². The molecule has 154 valence electrons. The number of nitrogens with one attached hydrogen (secondary N) is 1. The minimum atomic E-state index is -3.37. The number of thiophene rings is 1. The fraction of sp³-hybridized carbons (Fsp3) is 0.150. The predicted molar refractivity (Wildman–Crippen MR) is 118 cm³/mol. The molecule has 0 saturated heterocycles. The van der Waals surface area contributed by atoms with Crippen LogP contribution in [-0.2, 0) is 27.9 Å². The van der Waals surface area contributed by atoms with E-state index in [2.05, 4.69) is 15.0 Å². The van der Waals surface area contributed by atoms with Gasteiger partial charge < -0.3 is 4.90 Å². The maximum absolute atomic E-state index is 13.2. The minimum absolute atomic E-state index is 0.0357. The average Bonchev–Trinajstić information content (AvgIpc) is 3.36. The van der Waals surface area contributed by atoms with E-state index in [1.54, 1.807) is 45.2 Å². The van der Waals surface area contributed by atoms with E-state index in [9.17, 15) is 13.2 Å². The third kappa shape index (κ3) is 4.66. The lowest BCUT2D eigenvalue weighted by Gasteiger charge is -2.23. The second-order valence-corrected chi connectivity index (χ2v) is 9.30. The number of sulfonamides is 1. The summed E-state index contributed by atoms with van der Waals surface area (Å²) in [6, 6.07) is 16.1. The molecular weight excluding hydrogens is 422 g/mol. The standard InChI is InChI=1S/C20H19N5O3S2/c1-30(27,28)22-16-6-8-17(9-7-16)24(12-15-10-11-29-14-15)20(26)13-25-19-5-3-2-4-18(19)21-23-25/h2-11,14,22H,12-13H2,1H3. The van der Waals surface area contributed by atoms with Crippen molar-refractivity contribution in [1.29, 1.82) is 0 Å². The lowest BCUT2D eigenvalue weighted by Crippen LogP contribution is -2.33. The van der Waals surface area contributed by atoms with Crippen LogP contribution in [0, 0.1) is 0 Å². The van der Waals surface area contributed by atoms with Gasteiger partial charge in [0, 0.05) is 11.4 Å². The number of carbonyl (C=O) groups is 1. The van der Waals surface area contributed by atoms with Gasteiger partial charge in [0.05, 0.1) is 18.3 Å². The van der Waals surface area contributed by atoms with Gasteiger partial charge in [-0.05, 0) is 58.8 Å². The zero-order valence-electron chi connectivity index (χ0n) is 16.1. The first kappa shape index (κ1) is 20.0. The van der Waals surface area contributed by atoms with E-state index >= 15 is 0 Å². The van der Waals surface area contributed by atoms with E-state index in [1.807, 2.05) is 41.1 Å². The molecule has 4 aromatic rings. The molecule has 8 nitrogen and oxygen atoms in total. The van der Waals surface area contributed by atoms with Crippen LogP contribution in [0.25, 0.3) is 11.0 Å². The van der Waals surface area contributed by atoms with E-state index in [4.69, 9.17) is 0 Å². The van der Waals surface area contributed by atoms with Crippen LogP contribution in [0.5, 0.6) is 0 Å². The van der Waals surface area contributed by atoms with Crippen molar-refractivity contribution in [3.8, 4) is 0 Å². The molecule has 0 unspecified atom stereocenters. The minimum Gasteiger partial charge on any atom is -0.306 e. The Bertz CT molecular complexity index is 1270. The Morgan fingerprint density at radius 2 is 1.90 bits per heavy atom. The van der Waals surface area contributed by atoms with Gasteiger partial charge in [-0.3, -0.25) is 9.52 Å². The Morgan fingerprint density at radius 1 is 1.13 bits per heavy atom. The maximum atomic E-state index is 13.2. The Kier molecular flexibility index (Phi) is 5.51. The van der Waals surface area contributed by atoms with Gasteiger partial charge in [0.1, 0.15) is 12.1 Å². The molecule has 0 atom stereocenters. The number of amides is 1. The number of carbonyl (C=O) groups excluding carboxylic acids is 1. The maximum Gasteiger partial charge on any atom is 0.249 e. The molecule has 2 aromatic heterocycles. The number of rotatable bonds is 7. The second kappa shape index (κ2) is 8.25. The van der Waals surface area contributed by atoms with Crippen LogP contribution < -0.4 is 9.62 Å². The number of fused-ring (bicyclic) bond motifs is 1. The van der Waals surface area contributed by atoms with Crippen molar-refractivity contribution in [2.75, 3.05) is 15.9 Å². The summed E-state index contributed by atoms with van der Waals surface area (Å²) in [4.78, 5) is 14.9. The lowest BCUT2D eigenvalue weighted by molar-refractivity contribution is -0.119. The van der Waals surface area contributed by atoms with Gasteiger partial charge in [0.15, 0.2) is 0 Å². The van der Waals surface area contributed by atoms with Crippen LogP contribution in [0.3, 0.4) is 0 Å². The number of hydrogen-bond acceptors (Lipinski definition) is 6. The first-order chi connectivity index (χ1) is 14.4.